The normalized spacial score (nSPS) is 29.2. The summed E-state index contributed by atoms with van der Waals surface area (Å²) in [5.41, 5.74) is 0.0621. The Labute approximate surface area is 113 Å². The van der Waals surface area contributed by atoms with Gasteiger partial charge < -0.3 is 10.1 Å². The Bertz CT molecular complexity index is 235. The largest absolute Gasteiger partial charge is 0.377 e. The lowest BCUT2D eigenvalue weighted by atomic mass is 9.93. The highest BCUT2D eigenvalue weighted by Crippen LogP contribution is 2.26. The molecule has 0 aromatic carbocycles. The van der Waals surface area contributed by atoms with Gasteiger partial charge in [-0.1, -0.05) is 6.92 Å². The zero-order chi connectivity index (χ0) is 13.6. The fourth-order valence-electron chi connectivity index (χ4n) is 2.92. The number of rotatable bonds is 7. The van der Waals surface area contributed by atoms with Crippen LogP contribution in [0.25, 0.3) is 0 Å². The molecule has 0 radical (unpaired) electrons. The summed E-state index contributed by atoms with van der Waals surface area (Å²) in [6.45, 7) is 12.5. The fraction of sp³-hybridized carbons (Fsp3) is 1.00. The van der Waals surface area contributed by atoms with Crippen molar-refractivity contribution in [3.8, 4) is 0 Å². The molecule has 1 heterocycles. The first-order valence-corrected chi connectivity index (χ1v) is 7.53. The molecule has 1 aliphatic rings. The van der Waals surface area contributed by atoms with Gasteiger partial charge in [0.1, 0.15) is 0 Å². The van der Waals surface area contributed by atoms with Crippen molar-refractivity contribution in [3.63, 3.8) is 0 Å². The molecular formula is C15H32N2O. The lowest BCUT2D eigenvalue weighted by Gasteiger charge is -2.42. The summed E-state index contributed by atoms with van der Waals surface area (Å²) < 4.78 is 5.67. The van der Waals surface area contributed by atoms with Gasteiger partial charge in [0.05, 0.1) is 5.60 Å². The number of nitrogens with zero attached hydrogens (tertiary/aromatic N) is 1. The Morgan fingerprint density at radius 2 is 2.11 bits per heavy atom. The topological polar surface area (TPSA) is 24.5 Å². The Hall–Kier alpha value is -0.120. The van der Waals surface area contributed by atoms with Crippen molar-refractivity contribution in [1.82, 2.24) is 10.2 Å². The van der Waals surface area contributed by atoms with E-state index in [-0.39, 0.29) is 5.60 Å². The van der Waals surface area contributed by atoms with Crippen molar-refractivity contribution in [1.29, 1.82) is 0 Å². The summed E-state index contributed by atoms with van der Waals surface area (Å²) in [4.78, 5) is 2.59. The average Bonchev–Trinajstić information content (AvgIpc) is 2.36. The second-order valence-electron chi connectivity index (χ2n) is 6.17. The Balaban J connectivity index is 2.38. The van der Waals surface area contributed by atoms with Gasteiger partial charge in [0, 0.05) is 25.7 Å². The van der Waals surface area contributed by atoms with E-state index < -0.39 is 0 Å². The maximum atomic E-state index is 5.67. The van der Waals surface area contributed by atoms with Gasteiger partial charge in [-0.2, -0.15) is 0 Å². The molecule has 0 aliphatic carbocycles. The van der Waals surface area contributed by atoms with Gasteiger partial charge in [-0.3, -0.25) is 4.90 Å². The molecule has 108 valence electrons. The van der Waals surface area contributed by atoms with Crippen LogP contribution in [-0.2, 0) is 4.74 Å². The van der Waals surface area contributed by atoms with Crippen LogP contribution in [-0.4, -0.2) is 49.3 Å². The minimum absolute atomic E-state index is 0.0621. The van der Waals surface area contributed by atoms with Crippen molar-refractivity contribution < 1.29 is 4.74 Å². The van der Waals surface area contributed by atoms with E-state index in [4.69, 9.17) is 4.74 Å². The molecule has 3 heteroatoms. The molecule has 18 heavy (non-hydrogen) atoms. The van der Waals surface area contributed by atoms with Gasteiger partial charge in [-0.25, -0.2) is 0 Å². The maximum absolute atomic E-state index is 5.67. The minimum Gasteiger partial charge on any atom is -0.377 e. The zero-order valence-corrected chi connectivity index (χ0v) is 13.0. The predicted molar refractivity (Wildman–Crippen MR) is 78.1 cm³/mol. The van der Waals surface area contributed by atoms with E-state index in [9.17, 15) is 0 Å². The van der Waals surface area contributed by atoms with Crippen LogP contribution in [0.4, 0.5) is 0 Å². The first kappa shape index (κ1) is 15.9. The van der Waals surface area contributed by atoms with E-state index in [0.717, 1.165) is 13.1 Å². The molecule has 1 saturated heterocycles. The molecule has 0 aromatic heterocycles. The molecule has 0 saturated carbocycles. The highest BCUT2D eigenvalue weighted by molar-refractivity contribution is 4.87. The summed E-state index contributed by atoms with van der Waals surface area (Å²) >= 11 is 0. The lowest BCUT2D eigenvalue weighted by Crippen LogP contribution is -2.51. The van der Waals surface area contributed by atoms with Crippen molar-refractivity contribution in [2.45, 2.75) is 71.1 Å². The van der Waals surface area contributed by atoms with Crippen LogP contribution in [0.3, 0.4) is 0 Å². The summed E-state index contributed by atoms with van der Waals surface area (Å²) in [5.74, 6) is 0. The Morgan fingerprint density at radius 3 is 2.72 bits per heavy atom. The van der Waals surface area contributed by atoms with Crippen LogP contribution >= 0.6 is 0 Å². The molecule has 1 rings (SSSR count). The van der Waals surface area contributed by atoms with E-state index in [1.54, 1.807) is 0 Å². The van der Waals surface area contributed by atoms with Crippen molar-refractivity contribution in [2.24, 2.45) is 0 Å². The van der Waals surface area contributed by atoms with Gasteiger partial charge in [0.15, 0.2) is 0 Å². The van der Waals surface area contributed by atoms with Crippen LogP contribution in [0.15, 0.2) is 0 Å². The molecule has 0 spiro atoms. The van der Waals surface area contributed by atoms with Crippen LogP contribution in [0.1, 0.15) is 53.4 Å². The van der Waals surface area contributed by atoms with Crippen molar-refractivity contribution in [2.75, 3.05) is 26.7 Å². The maximum Gasteiger partial charge on any atom is 0.0777 e. The van der Waals surface area contributed by atoms with Crippen LogP contribution in [0.2, 0.25) is 0 Å². The van der Waals surface area contributed by atoms with Crippen LogP contribution < -0.4 is 5.32 Å². The summed E-state index contributed by atoms with van der Waals surface area (Å²) in [6.07, 6.45) is 4.88. The van der Waals surface area contributed by atoms with E-state index in [0.29, 0.717) is 12.1 Å². The third-order valence-electron chi connectivity index (χ3n) is 4.24. The fourth-order valence-corrected chi connectivity index (χ4v) is 2.92. The number of hydrogen-bond donors (Lipinski definition) is 1. The second kappa shape index (κ2) is 7.46. The molecular weight excluding hydrogens is 224 g/mol. The summed E-state index contributed by atoms with van der Waals surface area (Å²) in [7, 11) is 1.85. The first-order valence-electron chi connectivity index (χ1n) is 7.53. The third-order valence-corrected chi connectivity index (χ3v) is 4.24. The van der Waals surface area contributed by atoms with Gasteiger partial charge in [0.25, 0.3) is 0 Å². The van der Waals surface area contributed by atoms with Gasteiger partial charge in [-0.05, 0) is 59.5 Å². The van der Waals surface area contributed by atoms with Crippen LogP contribution in [0, 0.1) is 0 Å². The zero-order valence-electron chi connectivity index (χ0n) is 13.0. The molecule has 0 aromatic rings. The van der Waals surface area contributed by atoms with Crippen molar-refractivity contribution >= 4 is 0 Å². The summed E-state index contributed by atoms with van der Waals surface area (Å²) in [6, 6.07) is 1.25. The molecule has 1 N–H and O–H groups in total. The molecule has 1 fully saturated rings. The molecule has 3 unspecified atom stereocenters. The molecule has 0 amide bonds. The third kappa shape index (κ3) is 4.87. The van der Waals surface area contributed by atoms with Crippen molar-refractivity contribution in [3.05, 3.63) is 0 Å². The van der Waals surface area contributed by atoms with E-state index >= 15 is 0 Å². The minimum atomic E-state index is 0.0621. The molecule has 3 nitrogen and oxygen atoms in total. The number of ether oxygens (including phenoxy) is 1. The van der Waals surface area contributed by atoms with Gasteiger partial charge in [0.2, 0.25) is 0 Å². The Morgan fingerprint density at radius 1 is 1.39 bits per heavy atom. The SMILES string of the molecule is CCCNC(C)CC(C)N1CCCC(C)(OC)C1. The number of piperidine rings is 1. The quantitative estimate of drug-likeness (QED) is 0.758. The number of hydrogen-bond acceptors (Lipinski definition) is 3. The number of nitrogens with one attached hydrogen (secondary N) is 1. The lowest BCUT2D eigenvalue weighted by molar-refractivity contribution is -0.0608. The number of likely N-dealkylation sites (tertiary alicyclic amines) is 1. The predicted octanol–water partition coefficient (Wildman–Crippen LogP) is 2.65. The van der Waals surface area contributed by atoms with Crippen LogP contribution in [0.5, 0.6) is 0 Å². The highest BCUT2D eigenvalue weighted by atomic mass is 16.5. The van der Waals surface area contributed by atoms with Gasteiger partial charge in [-0.15, -0.1) is 0 Å². The Kier molecular flexibility index (Phi) is 6.61. The standard InChI is InChI=1S/C15H32N2O/c1-6-9-16-13(2)11-14(3)17-10-7-8-15(4,12-17)18-5/h13-14,16H,6-12H2,1-5H3. The molecule has 0 bridgehead atoms. The van der Waals surface area contributed by atoms with E-state index in [1.165, 1.54) is 32.2 Å². The average molecular weight is 256 g/mol. The second-order valence-corrected chi connectivity index (χ2v) is 6.17. The van der Waals surface area contributed by atoms with E-state index in [2.05, 4.69) is 37.9 Å². The first-order chi connectivity index (χ1) is 8.50. The number of methoxy groups -OCH3 is 1. The molecule has 3 atom stereocenters. The highest BCUT2D eigenvalue weighted by Gasteiger charge is 2.32. The summed E-state index contributed by atoms with van der Waals surface area (Å²) in [5, 5.41) is 3.58. The molecule has 1 aliphatic heterocycles. The van der Waals surface area contributed by atoms with Gasteiger partial charge >= 0.3 is 0 Å². The monoisotopic (exact) mass is 256 g/mol. The smallest absolute Gasteiger partial charge is 0.0777 e. The van der Waals surface area contributed by atoms with E-state index in [1.807, 2.05) is 7.11 Å².